The van der Waals surface area contributed by atoms with Crippen molar-refractivity contribution >= 4 is 5.57 Å². The van der Waals surface area contributed by atoms with Crippen molar-refractivity contribution in [1.29, 1.82) is 0 Å². The van der Waals surface area contributed by atoms with E-state index >= 15 is 0 Å². The van der Waals surface area contributed by atoms with Crippen LogP contribution >= 0.6 is 0 Å². The molecular formula is C16H15NO2. The maximum Gasteiger partial charge on any atom is 0.141 e. The Hall–Kier alpha value is -2.29. The molecule has 19 heavy (non-hydrogen) atoms. The number of hydrogen-bond acceptors (Lipinski definition) is 3. The molecule has 1 aliphatic rings. The van der Waals surface area contributed by atoms with Crippen molar-refractivity contribution in [2.24, 2.45) is 0 Å². The average Bonchev–Trinajstić information content (AvgIpc) is 2.37. The molecule has 0 amide bonds. The van der Waals surface area contributed by atoms with Crippen LogP contribution in [-0.2, 0) is 0 Å². The van der Waals surface area contributed by atoms with Gasteiger partial charge in [-0.25, -0.2) is 0 Å². The molecule has 1 aliphatic heterocycles. The van der Waals surface area contributed by atoms with Crippen LogP contribution < -0.4 is 4.74 Å². The highest BCUT2D eigenvalue weighted by Crippen LogP contribution is 2.41. The molecular weight excluding hydrogens is 238 g/mol. The Morgan fingerprint density at radius 2 is 1.89 bits per heavy atom. The van der Waals surface area contributed by atoms with Crippen molar-refractivity contribution in [3.05, 3.63) is 59.9 Å². The number of nitrogens with zero attached hydrogens (tertiary/aromatic N) is 1. The smallest absolute Gasteiger partial charge is 0.141 e. The summed E-state index contributed by atoms with van der Waals surface area (Å²) < 4.78 is 5.94. The van der Waals surface area contributed by atoms with E-state index < -0.39 is 5.60 Å². The van der Waals surface area contributed by atoms with Gasteiger partial charge in [0, 0.05) is 17.3 Å². The van der Waals surface area contributed by atoms with Crippen molar-refractivity contribution in [3.8, 4) is 11.5 Å². The largest absolute Gasteiger partial charge is 0.506 e. The maximum absolute atomic E-state index is 10.0. The quantitative estimate of drug-likeness (QED) is 0.847. The summed E-state index contributed by atoms with van der Waals surface area (Å²) in [6.45, 7) is 4.00. The minimum atomic E-state index is -0.403. The number of rotatable bonds is 1. The first-order chi connectivity index (χ1) is 9.07. The molecule has 3 nitrogen and oxygen atoms in total. The number of aromatic hydroxyl groups is 1. The molecule has 0 radical (unpaired) electrons. The third-order valence-electron chi connectivity index (χ3n) is 3.13. The summed E-state index contributed by atoms with van der Waals surface area (Å²) in [5.41, 5.74) is 2.34. The van der Waals surface area contributed by atoms with E-state index in [9.17, 15) is 5.11 Å². The first-order valence-electron chi connectivity index (χ1n) is 6.21. The van der Waals surface area contributed by atoms with E-state index in [1.165, 1.54) is 6.20 Å². The van der Waals surface area contributed by atoms with Gasteiger partial charge < -0.3 is 9.84 Å². The Kier molecular flexibility index (Phi) is 2.56. The molecule has 0 bridgehead atoms. The van der Waals surface area contributed by atoms with Crippen molar-refractivity contribution in [1.82, 2.24) is 4.98 Å². The second-order valence-electron chi connectivity index (χ2n) is 5.15. The second-order valence-corrected chi connectivity index (χ2v) is 5.15. The molecule has 96 valence electrons. The van der Waals surface area contributed by atoms with Gasteiger partial charge in [0.2, 0.25) is 0 Å². The molecule has 0 aliphatic carbocycles. The zero-order valence-electron chi connectivity index (χ0n) is 10.9. The number of fused-ring (bicyclic) bond motifs is 1. The lowest BCUT2D eigenvalue weighted by atomic mass is 9.90. The van der Waals surface area contributed by atoms with E-state index in [4.69, 9.17) is 4.74 Å². The van der Waals surface area contributed by atoms with Crippen LogP contribution in [0, 0.1) is 0 Å². The van der Waals surface area contributed by atoms with Crippen LogP contribution in [0.25, 0.3) is 5.57 Å². The summed E-state index contributed by atoms with van der Waals surface area (Å²) in [7, 11) is 0. The van der Waals surface area contributed by atoms with E-state index in [2.05, 4.69) is 4.98 Å². The molecule has 0 unspecified atom stereocenters. The van der Waals surface area contributed by atoms with Crippen LogP contribution in [0.3, 0.4) is 0 Å². The molecule has 2 aromatic rings. The number of aromatic nitrogens is 1. The lowest BCUT2D eigenvalue weighted by Gasteiger charge is -2.31. The fourth-order valence-electron chi connectivity index (χ4n) is 2.35. The van der Waals surface area contributed by atoms with Gasteiger partial charge in [0.15, 0.2) is 0 Å². The number of hydrogen-bond donors (Lipinski definition) is 1. The Bertz CT molecular complexity index is 659. The zero-order chi connectivity index (χ0) is 13.5. The summed E-state index contributed by atoms with van der Waals surface area (Å²) in [5, 5.41) is 10.0. The number of ether oxygens (including phenoxy) is 1. The first kappa shape index (κ1) is 11.8. The van der Waals surface area contributed by atoms with Gasteiger partial charge in [-0.1, -0.05) is 18.2 Å². The topological polar surface area (TPSA) is 42.4 Å². The summed E-state index contributed by atoms with van der Waals surface area (Å²) in [6, 6.07) is 9.68. The van der Waals surface area contributed by atoms with Gasteiger partial charge >= 0.3 is 0 Å². The molecule has 0 saturated heterocycles. The Balaban J connectivity index is 2.24. The lowest BCUT2D eigenvalue weighted by molar-refractivity contribution is 0.158. The van der Waals surface area contributed by atoms with Crippen molar-refractivity contribution in [3.63, 3.8) is 0 Å². The van der Waals surface area contributed by atoms with Crippen molar-refractivity contribution in [2.75, 3.05) is 0 Å². The molecule has 2 heterocycles. The Labute approximate surface area is 112 Å². The van der Waals surface area contributed by atoms with E-state index in [0.29, 0.717) is 0 Å². The van der Waals surface area contributed by atoms with Gasteiger partial charge in [0.05, 0.1) is 6.20 Å². The second kappa shape index (κ2) is 4.12. The number of pyridine rings is 1. The van der Waals surface area contributed by atoms with E-state index in [1.807, 2.05) is 50.3 Å². The molecule has 3 heteroatoms. The third kappa shape index (κ3) is 2.08. The van der Waals surface area contributed by atoms with Crippen LogP contribution in [0.5, 0.6) is 11.5 Å². The minimum absolute atomic E-state index is 0.182. The van der Waals surface area contributed by atoms with E-state index in [1.54, 1.807) is 6.20 Å². The monoisotopic (exact) mass is 253 g/mol. The van der Waals surface area contributed by atoms with E-state index in [-0.39, 0.29) is 5.75 Å². The van der Waals surface area contributed by atoms with Crippen molar-refractivity contribution < 1.29 is 9.84 Å². The first-order valence-corrected chi connectivity index (χ1v) is 6.21. The van der Waals surface area contributed by atoms with Gasteiger partial charge in [-0.3, -0.25) is 4.98 Å². The normalized spacial score (nSPS) is 16.2. The lowest BCUT2D eigenvalue weighted by Crippen LogP contribution is -2.29. The molecule has 0 fully saturated rings. The molecule has 0 spiro atoms. The number of para-hydroxylation sites is 1. The molecule has 1 N–H and O–H groups in total. The standard InChI is InChI=1S/C16H15NO2/c1-16(2)9-13(11-7-8-17-10-14(11)18)12-5-3-4-6-15(12)19-16/h3-10,18H,1-2H3. The summed E-state index contributed by atoms with van der Waals surface area (Å²) in [4.78, 5) is 3.92. The predicted octanol–water partition coefficient (Wildman–Crippen LogP) is 3.39. The Morgan fingerprint density at radius 1 is 1.11 bits per heavy atom. The summed E-state index contributed by atoms with van der Waals surface area (Å²) >= 11 is 0. The highest BCUT2D eigenvalue weighted by Gasteiger charge is 2.27. The van der Waals surface area contributed by atoms with Crippen LogP contribution in [-0.4, -0.2) is 15.7 Å². The zero-order valence-corrected chi connectivity index (χ0v) is 10.9. The fourth-order valence-corrected chi connectivity index (χ4v) is 2.35. The molecule has 1 aromatic carbocycles. The van der Waals surface area contributed by atoms with Gasteiger partial charge in [-0.05, 0) is 37.6 Å². The van der Waals surface area contributed by atoms with Gasteiger partial charge in [-0.15, -0.1) is 0 Å². The molecule has 3 rings (SSSR count). The van der Waals surface area contributed by atoms with Crippen LogP contribution in [0.1, 0.15) is 25.0 Å². The van der Waals surface area contributed by atoms with Crippen LogP contribution in [0.15, 0.2) is 48.8 Å². The highest BCUT2D eigenvalue weighted by atomic mass is 16.5. The highest BCUT2D eigenvalue weighted by molar-refractivity contribution is 5.86. The average molecular weight is 253 g/mol. The molecule has 0 saturated carbocycles. The van der Waals surface area contributed by atoms with E-state index in [0.717, 1.165) is 22.4 Å². The summed E-state index contributed by atoms with van der Waals surface area (Å²) in [6.07, 6.45) is 5.17. The van der Waals surface area contributed by atoms with Gasteiger partial charge in [0.1, 0.15) is 17.1 Å². The Morgan fingerprint density at radius 3 is 2.68 bits per heavy atom. The van der Waals surface area contributed by atoms with Crippen molar-refractivity contribution in [2.45, 2.75) is 19.4 Å². The molecule has 1 aromatic heterocycles. The SMILES string of the molecule is CC1(C)C=C(c2ccncc2O)c2ccccc2O1. The maximum atomic E-state index is 10.0. The minimum Gasteiger partial charge on any atom is -0.506 e. The van der Waals surface area contributed by atoms with Crippen LogP contribution in [0.4, 0.5) is 0 Å². The van der Waals surface area contributed by atoms with Crippen LogP contribution in [0.2, 0.25) is 0 Å². The van der Waals surface area contributed by atoms with Gasteiger partial charge in [-0.2, -0.15) is 0 Å². The fraction of sp³-hybridized carbons (Fsp3) is 0.188. The summed E-state index contributed by atoms with van der Waals surface area (Å²) in [5.74, 6) is 1.02. The predicted molar refractivity (Wildman–Crippen MR) is 74.1 cm³/mol. The number of benzene rings is 1. The molecule has 0 atom stereocenters. The third-order valence-corrected chi connectivity index (χ3v) is 3.13. The van der Waals surface area contributed by atoms with Gasteiger partial charge in [0.25, 0.3) is 0 Å².